The van der Waals surface area contributed by atoms with Crippen molar-refractivity contribution in [3.8, 4) is 5.75 Å². The first-order valence-corrected chi connectivity index (χ1v) is 24.8. The number of amides is 3. The van der Waals surface area contributed by atoms with E-state index in [0.29, 0.717) is 44.8 Å². The normalized spacial score (nSPS) is 13.2. The van der Waals surface area contributed by atoms with E-state index in [1.165, 1.54) is 20.2 Å². The Morgan fingerprint density at radius 2 is 1.38 bits per heavy atom. The van der Waals surface area contributed by atoms with Crippen molar-refractivity contribution in [1.29, 1.82) is 0 Å². The second kappa shape index (κ2) is 23.1. The molecule has 350 valence electrons. The predicted octanol–water partition coefficient (Wildman–Crippen LogP) is 4.23. The molecule has 0 aliphatic carbocycles. The lowest BCUT2D eigenvalue weighted by Crippen LogP contribution is -2.57. The van der Waals surface area contributed by atoms with Crippen molar-refractivity contribution in [2.24, 2.45) is 10.7 Å². The number of aryl methyl sites for hydroxylation is 1. The molecule has 1 heterocycles. The summed E-state index contributed by atoms with van der Waals surface area (Å²) in [6.07, 6.45) is 1.45. The average Bonchev–Trinajstić information content (AvgIpc) is 3.81. The van der Waals surface area contributed by atoms with Gasteiger partial charge in [-0.1, -0.05) is 72.8 Å². The summed E-state index contributed by atoms with van der Waals surface area (Å²) >= 11 is 1.07. The third kappa shape index (κ3) is 14.5. The molecule has 1 aromatic heterocycles. The Kier molecular flexibility index (Phi) is 17.7. The summed E-state index contributed by atoms with van der Waals surface area (Å²) in [6, 6.07) is 21.6. The van der Waals surface area contributed by atoms with Crippen molar-refractivity contribution in [3.63, 3.8) is 0 Å². The Balaban J connectivity index is 1.38. The summed E-state index contributed by atoms with van der Waals surface area (Å²) < 4.78 is 64.1. The zero-order valence-electron chi connectivity index (χ0n) is 37.2. The van der Waals surface area contributed by atoms with Crippen LogP contribution in [-0.2, 0) is 53.0 Å². The standard InChI is InChI=1S/C46H54N8O9S3/c1-29-25-40(63-5)30(2)31(3)42(29)66(61,62)54-46(47)49-22-12-17-37(41(56)45-48-23-24-64-45)51-43(57)38(26-34-18-20-36(21-19-34)50-32(4)55)52-44(58)39(27-33-13-8-6-9-14-33)53-65(59,60)28-35-15-10-7-11-16-35/h6-11,13-16,18-21,23-25,37-39,53H,12,17,22,26-28H2,1-5H3,(H,50,55)(H,51,57)(H,52,58)(H3,47,49,54)/t37-,38-,39+/m0/s1. The predicted molar refractivity (Wildman–Crippen MR) is 254 cm³/mol. The van der Waals surface area contributed by atoms with Gasteiger partial charge in [-0.05, 0) is 91.6 Å². The minimum Gasteiger partial charge on any atom is -0.496 e. The lowest BCUT2D eigenvalue weighted by atomic mass is 10.0. The van der Waals surface area contributed by atoms with Gasteiger partial charge in [-0.15, -0.1) is 11.3 Å². The average molecular weight is 959 g/mol. The van der Waals surface area contributed by atoms with E-state index in [1.54, 1.807) is 117 Å². The van der Waals surface area contributed by atoms with Gasteiger partial charge in [-0.2, -0.15) is 0 Å². The number of sulfonamides is 2. The number of carbonyl (C=O) groups excluding carboxylic acids is 4. The fraction of sp³-hybridized carbons (Fsp3) is 0.304. The van der Waals surface area contributed by atoms with E-state index in [0.717, 1.165) is 11.3 Å². The van der Waals surface area contributed by atoms with Gasteiger partial charge in [0.15, 0.2) is 5.01 Å². The summed E-state index contributed by atoms with van der Waals surface area (Å²) in [6.45, 7) is 6.37. The number of anilines is 1. The highest BCUT2D eigenvalue weighted by atomic mass is 32.2. The highest BCUT2D eigenvalue weighted by molar-refractivity contribution is 7.90. The number of nitrogens with two attached hydrogens (primary N) is 1. The van der Waals surface area contributed by atoms with Crippen LogP contribution < -0.4 is 35.9 Å². The number of guanidine groups is 1. The minimum absolute atomic E-state index is 0.00553. The summed E-state index contributed by atoms with van der Waals surface area (Å²) in [5.41, 5.74) is 9.86. The second-order valence-electron chi connectivity index (χ2n) is 15.5. The van der Waals surface area contributed by atoms with Crippen molar-refractivity contribution >= 4 is 66.5 Å². The molecule has 4 aromatic carbocycles. The van der Waals surface area contributed by atoms with Gasteiger partial charge in [0.2, 0.25) is 39.5 Å². The van der Waals surface area contributed by atoms with Crippen molar-refractivity contribution in [1.82, 2.24) is 25.1 Å². The molecule has 66 heavy (non-hydrogen) atoms. The van der Waals surface area contributed by atoms with Crippen molar-refractivity contribution < 1.29 is 40.8 Å². The van der Waals surface area contributed by atoms with Crippen molar-refractivity contribution in [3.05, 3.63) is 141 Å². The number of thiazole rings is 1. The number of ketones is 1. The van der Waals surface area contributed by atoms with E-state index in [2.05, 4.69) is 35.4 Å². The number of carbonyl (C=O) groups is 4. The number of hydrogen-bond acceptors (Lipinski definition) is 12. The van der Waals surface area contributed by atoms with Crippen molar-refractivity contribution in [2.75, 3.05) is 19.0 Å². The first-order valence-electron chi connectivity index (χ1n) is 20.8. The molecule has 0 saturated heterocycles. The maximum absolute atomic E-state index is 14.4. The van der Waals surface area contributed by atoms with Crippen LogP contribution in [0.3, 0.4) is 0 Å². The number of aliphatic imine (C=N–C) groups is 1. The molecule has 20 heteroatoms. The van der Waals surface area contributed by atoms with E-state index in [-0.39, 0.29) is 54.0 Å². The summed E-state index contributed by atoms with van der Waals surface area (Å²) in [5.74, 6) is -2.60. The highest BCUT2D eigenvalue weighted by Crippen LogP contribution is 2.30. The molecule has 0 radical (unpaired) electrons. The molecule has 0 aliphatic heterocycles. The second-order valence-corrected chi connectivity index (χ2v) is 19.8. The smallest absolute Gasteiger partial charge is 0.264 e. The fourth-order valence-corrected chi connectivity index (χ4v) is 10.6. The van der Waals surface area contributed by atoms with Crippen LogP contribution in [-0.4, -0.2) is 83.1 Å². The molecule has 0 spiro atoms. The monoisotopic (exact) mass is 958 g/mol. The topological polar surface area (TPSA) is 257 Å². The maximum Gasteiger partial charge on any atom is 0.264 e. The molecule has 0 saturated carbocycles. The Hall–Kier alpha value is -6.48. The number of ether oxygens (including phenoxy) is 1. The van der Waals surface area contributed by atoms with Crippen LogP contribution in [0.4, 0.5) is 5.69 Å². The molecule has 0 aliphatic rings. The summed E-state index contributed by atoms with van der Waals surface area (Å²) in [5, 5.41) is 9.93. The number of rotatable bonds is 22. The van der Waals surface area contributed by atoms with Crippen LogP contribution in [0.25, 0.3) is 0 Å². The van der Waals surface area contributed by atoms with E-state index >= 15 is 0 Å². The third-order valence-electron chi connectivity index (χ3n) is 10.4. The Morgan fingerprint density at radius 3 is 1.98 bits per heavy atom. The lowest BCUT2D eigenvalue weighted by Gasteiger charge is -2.25. The van der Waals surface area contributed by atoms with Crippen LogP contribution in [0, 0.1) is 20.8 Å². The van der Waals surface area contributed by atoms with Crippen LogP contribution >= 0.6 is 11.3 Å². The van der Waals surface area contributed by atoms with Crippen LogP contribution in [0.2, 0.25) is 0 Å². The van der Waals surface area contributed by atoms with Crippen LogP contribution in [0.5, 0.6) is 5.75 Å². The molecule has 5 rings (SSSR count). The number of Topliss-reactive ketones (excluding diaryl/α,β-unsaturated/α-hetero) is 1. The van der Waals surface area contributed by atoms with Gasteiger partial charge in [0.05, 0.1) is 23.8 Å². The molecule has 3 atom stereocenters. The van der Waals surface area contributed by atoms with E-state index < -0.39 is 61.5 Å². The van der Waals surface area contributed by atoms with E-state index in [9.17, 15) is 36.0 Å². The van der Waals surface area contributed by atoms with Gasteiger partial charge in [-0.25, -0.2) is 31.3 Å². The number of aromatic nitrogens is 1. The molecule has 17 nitrogen and oxygen atoms in total. The third-order valence-corrected chi connectivity index (χ3v) is 14.2. The molecule has 0 bridgehead atoms. The molecule has 3 amide bonds. The number of nitrogens with one attached hydrogen (secondary N) is 5. The first-order chi connectivity index (χ1) is 31.4. The van der Waals surface area contributed by atoms with Gasteiger partial charge in [0.25, 0.3) is 10.0 Å². The maximum atomic E-state index is 14.4. The molecule has 7 N–H and O–H groups in total. The Labute approximate surface area is 389 Å². The molecule has 0 unspecified atom stereocenters. The van der Waals surface area contributed by atoms with Crippen molar-refractivity contribution in [2.45, 2.75) is 82.2 Å². The molecule has 0 fully saturated rings. The number of hydrogen-bond donors (Lipinski definition) is 6. The molecular formula is C46H54N8O9S3. The number of benzene rings is 4. The van der Waals surface area contributed by atoms with Gasteiger partial charge in [-0.3, -0.25) is 24.2 Å². The van der Waals surface area contributed by atoms with Gasteiger partial charge in [0.1, 0.15) is 17.8 Å². The Bertz CT molecular complexity index is 2740. The van der Waals surface area contributed by atoms with Gasteiger partial charge in [0, 0.05) is 37.2 Å². The summed E-state index contributed by atoms with van der Waals surface area (Å²) in [4.78, 5) is 62.6. The van der Waals surface area contributed by atoms with Crippen LogP contribution in [0.15, 0.2) is 112 Å². The molecule has 5 aromatic rings. The van der Waals surface area contributed by atoms with Crippen LogP contribution in [0.1, 0.15) is 62.9 Å². The van der Waals surface area contributed by atoms with E-state index in [4.69, 9.17) is 10.5 Å². The first kappa shape index (κ1) is 50.5. The largest absolute Gasteiger partial charge is 0.496 e. The SMILES string of the molecule is COc1cc(C)c(S(=O)(=O)NC(N)=NCCC[C@H](NC(=O)[C@H](Cc2ccc(NC(C)=O)cc2)NC(=O)[C@@H](Cc2ccccc2)NS(=O)(=O)Cc2ccccc2)C(=O)c2nccs2)c(C)c1C. The van der Waals surface area contributed by atoms with Gasteiger partial charge >= 0.3 is 0 Å². The number of nitrogens with zero attached hydrogens (tertiary/aromatic N) is 2. The highest BCUT2D eigenvalue weighted by Gasteiger charge is 2.32. The number of methoxy groups -OCH3 is 1. The summed E-state index contributed by atoms with van der Waals surface area (Å²) in [7, 11) is -6.75. The zero-order chi connectivity index (χ0) is 48.0. The van der Waals surface area contributed by atoms with E-state index in [1.807, 2.05) is 0 Å². The zero-order valence-corrected chi connectivity index (χ0v) is 39.6. The fourth-order valence-electron chi connectivity index (χ4n) is 7.13. The Morgan fingerprint density at radius 1 is 0.788 bits per heavy atom. The quantitative estimate of drug-likeness (QED) is 0.0248. The lowest BCUT2D eigenvalue weighted by molar-refractivity contribution is -0.130. The molecular weight excluding hydrogens is 905 g/mol. The minimum atomic E-state index is -4.15. The van der Waals surface area contributed by atoms with Gasteiger partial charge < -0.3 is 26.4 Å².